The Morgan fingerprint density at radius 2 is 1.07 bits per heavy atom. The molecule has 0 amide bonds. The smallest absolute Gasteiger partial charge is 0.200 e. The van der Waals surface area contributed by atoms with Crippen LogP contribution in [0.1, 0.15) is 5.56 Å². The number of hydrogen-bond acceptors (Lipinski definition) is 2. The van der Waals surface area contributed by atoms with Crippen molar-refractivity contribution in [2.75, 3.05) is 5.43 Å². The zero-order valence-corrected chi connectivity index (χ0v) is 14.3. The number of hydrazine groups is 1. The summed E-state index contributed by atoms with van der Waals surface area (Å²) in [7, 11) is 0. The molecule has 0 aliphatic rings. The van der Waals surface area contributed by atoms with Crippen LogP contribution in [0.4, 0.5) is 27.6 Å². The topological polar surface area (TPSA) is 24.1 Å². The highest BCUT2D eigenvalue weighted by molar-refractivity contribution is 6.02. The Balaban J connectivity index is 1.71. The predicted molar refractivity (Wildman–Crippen MR) is 98.1 cm³/mol. The molecule has 0 aliphatic heterocycles. The lowest BCUT2D eigenvalue weighted by Crippen LogP contribution is -2.24. The van der Waals surface area contributed by atoms with E-state index in [2.05, 4.69) is 10.9 Å². The van der Waals surface area contributed by atoms with Gasteiger partial charge in [-0.15, -0.1) is 0 Å². The fourth-order valence-corrected chi connectivity index (χ4v) is 3.23. The highest BCUT2D eigenvalue weighted by Crippen LogP contribution is 2.29. The van der Waals surface area contributed by atoms with Crippen LogP contribution in [0.15, 0.2) is 54.6 Å². The first kappa shape index (κ1) is 18.2. The molecule has 142 valence electrons. The molecule has 2 N–H and O–H groups in total. The summed E-state index contributed by atoms with van der Waals surface area (Å²) < 4.78 is 67.5. The van der Waals surface area contributed by atoms with Gasteiger partial charge in [0, 0.05) is 6.54 Å². The third kappa shape index (κ3) is 2.93. The molecule has 7 heteroatoms. The maximum absolute atomic E-state index is 13.8. The van der Waals surface area contributed by atoms with Crippen LogP contribution in [-0.2, 0) is 6.54 Å². The van der Waals surface area contributed by atoms with Gasteiger partial charge in [0.2, 0.25) is 5.82 Å². The van der Waals surface area contributed by atoms with Gasteiger partial charge in [0.15, 0.2) is 23.3 Å². The summed E-state index contributed by atoms with van der Waals surface area (Å²) >= 11 is 0. The summed E-state index contributed by atoms with van der Waals surface area (Å²) in [6.45, 7) is 0.0847. The molecule has 0 aliphatic carbocycles. The largest absolute Gasteiger partial charge is 0.316 e. The molecule has 4 aromatic carbocycles. The van der Waals surface area contributed by atoms with Gasteiger partial charge in [0.25, 0.3) is 0 Å². The van der Waals surface area contributed by atoms with Crippen molar-refractivity contribution < 1.29 is 22.0 Å². The monoisotopic (exact) mass is 388 g/mol. The van der Waals surface area contributed by atoms with E-state index < -0.39 is 34.8 Å². The fourth-order valence-electron chi connectivity index (χ4n) is 3.23. The molecule has 4 aromatic rings. The molecule has 28 heavy (non-hydrogen) atoms. The zero-order chi connectivity index (χ0) is 19.8. The summed E-state index contributed by atoms with van der Waals surface area (Å²) in [6.07, 6.45) is 0. The highest BCUT2D eigenvalue weighted by Gasteiger charge is 2.25. The second-order valence-corrected chi connectivity index (χ2v) is 6.22. The fraction of sp³-hybridized carbons (Fsp3) is 0.0476. The minimum absolute atomic E-state index is 0.0847. The van der Waals surface area contributed by atoms with Gasteiger partial charge in [0.1, 0.15) is 5.69 Å². The summed E-state index contributed by atoms with van der Waals surface area (Å²) in [5.74, 6) is -10.0. The third-order valence-electron chi connectivity index (χ3n) is 4.57. The van der Waals surface area contributed by atoms with Gasteiger partial charge in [-0.2, -0.15) is 0 Å². The lowest BCUT2D eigenvalue weighted by molar-refractivity contribution is 0.380. The predicted octanol–water partition coefficient (Wildman–Crippen LogP) is 5.81. The summed E-state index contributed by atoms with van der Waals surface area (Å²) in [5, 5.41) is 3.75. The average molecular weight is 388 g/mol. The minimum atomic E-state index is -2.19. The SMILES string of the molecule is Fc1c(F)c(F)c(NNCc2c3ccccc3cc3ccccc23)c(F)c1F. The van der Waals surface area contributed by atoms with Crippen LogP contribution in [0, 0.1) is 29.1 Å². The summed E-state index contributed by atoms with van der Waals surface area (Å²) in [5.41, 5.74) is 4.39. The maximum Gasteiger partial charge on any atom is 0.200 e. The quantitative estimate of drug-likeness (QED) is 0.152. The van der Waals surface area contributed by atoms with Gasteiger partial charge in [-0.3, -0.25) is 0 Å². The van der Waals surface area contributed by atoms with Crippen molar-refractivity contribution in [1.29, 1.82) is 0 Å². The average Bonchev–Trinajstić information content (AvgIpc) is 2.72. The first-order valence-electron chi connectivity index (χ1n) is 8.38. The van der Waals surface area contributed by atoms with E-state index in [0.717, 1.165) is 27.1 Å². The van der Waals surface area contributed by atoms with E-state index in [9.17, 15) is 22.0 Å². The molecule has 0 radical (unpaired) electrons. The molecule has 2 nitrogen and oxygen atoms in total. The van der Waals surface area contributed by atoms with Crippen molar-refractivity contribution in [2.45, 2.75) is 6.54 Å². The number of nitrogens with one attached hydrogen (secondary N) is 2. The molecule has 0 atom stereocenters. The van der Waals surface area contributed by atoms with E-state index in [1.807, 2.05) is 54.6 Å². The number of hydrogen-bond donors (Lipinski definition) is 2. The van der Waals surface area contributed by atoms with E-state index in [4.69, 9.17) is 0 Å². The van der Waals surface area contributed by atoms with Crippen LogP contribution >= 0.6 is 0 Å². The molecule has 0 bridgehead atoms. The van der Waals surface area contributed by atoms with Crippen molar-refractivity contribution in [1.82, 2.24) is 5.43 Å². The molecule has 4 rings (SSSR count). The summed E-state index contributed by atoms with van der Waals surface area (Å²) in [6, 6.07) is 17.2. The lowest BCUT2D eigenvalue weighted by Gasteiger charge is -2.15. The second kappa shape index (κ2) is 7.09. The van der Waals surface area contributed by atoms with Crippen molar-refractivity contribution in [3.63, 3.8) is 0 Å². The van der Waals surface area contributed by atoms with Gasteiger partial charge in [0.05, 0.1) is 0 Å². The van der Waals surface area contributed by atoms with Crippen molar-refractivity contribution >= 4 is 27.2 Å². The molecule has 0 aromatic heterocycles. The number of halogens is 5. The normalized spacial score (nSPS) is 11.3. The van der Waals surface area contributed by atoms with Crippen molar-refractivity contribution in [2.24, 2.45) is 0 Å². The zero-order valence-electron chi connectivity index (χ0n) is 14.3. The Bertz CT molecular complexity index is 1120. The maximum atomic E-state index is 13.8. The van der Waals surface area contributed by atoms with Gasteiger partial charge < -0.3 is 5.43 Å². The van der Waals surface area contributed by atoms with Crippen LogP contribution in [0.3, 0.4) is 0 Å². The van der Waals surface area contributed by atoms with Gasteiger partial charge in [-0.25, -0.2) is 27.4 Å². The van der Waals surface area contributed by atoms with Gasteiger partial charge >= 0.3 is 0 Å². The third-order valence-corrected chi connectivity index (χ3v) is 4.57. The van der Waals surface area contributed by atoms with Crippen LogP contribution < -0.4 is 10.9 Å². The summed E-state index contributed by atoms with van der Waals surface area (Å²) in [4.78, 5) is 0. The Labute approximate surface area is 156 Å². The van der Waals surface area contributed by atoms with Crippen LogP contribution in [0.2, 0.25) is 0 Å². The van der Waals surface area contributed by atoms with Crippen molar-refractivity contribution in [3.05, 3.63) is 89.2 Å². The Morgan fingerprint density at radius 3 is 1.61 bits per heavy atom. The lowest BCUT2D eigenvalue weighted by atomic mass is 9.97. The van der Waals surface area contributed by atoms with E-state index in [0.29, 0.717) is 0 Å². The molecule has 0 spiro atoms. The molecular formula is C21H13F5N2. The Hall–Kier alpha value is -3.19. The Kier molecular flexibility index (Phi) is 4.60. The number of fused-ring (bicyclic) bond motifs is 2. The first-order chi connectivity index (χ1) is 13.5. The van der Waals surface area contributed by atoms with Gasteiger partial charge in [-0.05, 0) is 33.2 Å². The van der Waals surface area contributed by atoms with Crippen LogP contribution in [0.5, 0.6) is 0 Å². The number of benzene rings is 4. The molecule has 0 fully saturated rings. The van der Waals surface area contributed by atoms with E-state index in [1.165, 1.54) is 0 Å². The highest BCUT2D eigenvalue weighted by atomic mass is 19.2. The Morgan fingerprint density at radius 1 is 0.607 bits per heavy atom. The van der Waals surface area contributed by atoms with E-state index >= 15 is 0 Å². The van der Waals surface area contributed by atoms with E-state index in [-0.39, 0.29) is 6.54 Å². The number of rotatable bonds is 4. The molecular weight excluding hydrogens is 375 g/mol. The minimum Gasteiger partial charge on any atom is -0.316 e. The first-order valence-corrected chi connectivity index (χ1v) is 8.38. The molecule has 0 saturated heterocycles. The van der Waals surface area contributed by atoms with Crippen LogP contribution in [0.25, 0.3) is 21.5 Å². The molecule has 0 unspecified atom stereocenters. The van der Waals surface area contributed by atoms with E-state index in [1.54, 1.807) is 0 Å². The van der Waals surface area contributed by atoms with Crippen LogP contribution in [-0.4, -0.2) is 0 Å². The molecule has 0 saturated carbocycles. The number of anilines is 1. The molecule has 0 heterocycles. The van der Waals surface area contributed by atoms with Crippen molar-refractivity contribution in [3.8, 4) is 0 Å². The standard InChI is InChI=1S/C21H13F5N2/c22-16-17(23)19(25)21(20(26)18(16)24)28-27-10-15-13-7-3-1-5-11(13)9-12-6-2-4-8-14(12)15/h1-9,27-28H,10H2. The second-order valence-electron chi connectivity index (χ2n) is 6.22. The van der Waals surface area contributed by atoms with Gasteiger partial charge in [-0.1, -0.05) is 48.5 Å².